The Balaban J connectivity index is 1.52. The summed E-state index contributed by atoms with van der Waals surface area (Å²) in [6.07, 6.45) is 1.48. The lowest BCUT2D eigenvalue weighted by atomic mass is 10.1. The maximum Gasteiger partial charge on any atom is 0.271 e. The summed E-state index contributed by atoms with van der Waals surface area (Å²) in [5.74, 6) is 1.29. The Bertz CT molecular complexity index is 1320. The van der Waals surface area contributed by atoms with Gasteiger partial charge in [-0.1, -0.05) is 30.3 Å². The second-order valence-electron chi connectivity index (χ2n) is 7.75. The minimum Gasteiger partial charge on any atom is -0.496 e. The molecule has 0 saturated carbocycles. The first-order valence-corrected chi connectivity index (χ1v) is 11.0. The lowest BCUT2D eigenvalue weighted by Crippen LogP contribution is -2.17. The minimum absolute atomic E-state index is 0.327. The summed E-state index contributed by atoms with van der Waals surface area (Å²) in [5, 5.41) is 4.10. The molecule has 178 valence electrons. The van der Waals surface area contributed by atoms with E-state index < -0.39 is 0 Å². The fourth-order valence-corrected chi connectivity index (χ4v) is 3.86. The fraction of sp³-hybridized carbons (Fsp3) is 0.143. The van der Waals surface area contributed by atoms with E-state index in [0.717, 1.165) is 22.6 Å². The van der Waals surface area contributed by atoms with Gasteiger partial charge >= 0.3 is 0 Å². The molecule has 7 heteroatoms. The van der Waals surface area contributed by atoms with Crippen molar-refractivity contribution in [3.05, 3.63) is 95.7 Å². The molecule has 35 heavy (non-hydrogen) atoms. The monoisotopic (exact) mass is 469 g/mol. The topological polar surface area (TPSA) is 74.1 Å². The maximum absolute atomic E-state index is 12.7. The number of methoxy groups -OCH3 is 3. The van der Waals surface area contributed by atoms with Crippen LogP contribution in [0.2, 0.25) is 0 Å². The van der Waals surface area contributed by atoms with Crippen molar-refractivity contribution < 1.29 is 19.0 Å². The number of hydrazone groups is 1. The largest absolute Gasteiger partial charge is 0.496 e. The molecule has 4 rings (SSSR count). The van der Waals surface area contributed by atoms with Crippen LogP contribution in [0.25, 0.3) is 16.9 Å². The van der Waals surface area contributed by atoms with Crippen molar-refractivity contribution in [3.63, 3.8) is 0 Å². The predicted octanol–water partition coefficient (Wildman–Crippen LogP) is 5.24. The van der Waals surface area contributed by atoms with Crippen LogP contribution >= 0.6 is 0 Å². The van der Waals surface area contributed by atoms with E-state index in [1.165, 1.54) is 6.21 Å². The Kier molecular flexibility index (Phi) is 7.16. The number of aryl methyl sites for hydroxylation is 1. The van der Waals surface area contributed by atoms with Gasteiger partial charge in [0.1, 0.15) is 17.2 Å². The molecule has 0 aliphatic heterocycles. The molecule has 0 atom stereocenters. The van der Waals surface area contributed by atoms with Gasteiger partial charge in [-0.2, -0.15) is 5.10 Å². The number of nitrogens with one attached hydrogen (secondary N) is 1. The molecule has 1 amide bonds. The SMILES string of the molecule is COc1cc(OC)c(/C=N/NC(=O)c2ccc(-n3c(C)ccc3-c3ccccc3)cc2)c(OC)c1. The molecule has 0 aliphatic carbocycles. The van der Waals surface area contributed by atoms with Crippen LogP contribution in [-0.2, 0) is 0 Å². The van der Waals surface area contributed by atoms with E-state index in [-0.39, 0.29) is 5.91 Å². The summed E-state index contributed by atoms with van der Waals surface area (Å²) in [5.41, 5.74) is 7.93. The highest BCUT2D eigenvalue weighted by atomic mass is 16.5. The molecule has 0 bridgehead atoms. The zero-order chi connectivity index (χ0) is 24.8. The van der Waals surface area contributed by atoms with Gasteiger partial charge in [-0.15, -0.1) is 0 Å². The minimum atomic E-state index is -0.327. The first-order valence-electron chi connectivity index (χ1n) is 11.0. The molecule has 0 spiro atoms. The van der Waals surface area contributed by atoms with Gasteiger partial charge in [-0.3, -0.25) is 4.79 Å². The quantitative estimate of drug-likeness (QED) is 0.283. The van der Waals surface area contributed by atoms with Gasteiger partial charge in [-0.05, 0) is 48.9 Å². The van der Waals surface area contributed by atoms with E-state index in [1.807, 2.05) is 30.3 Å². The van der Waals surface area contributed by atoms with Crippen molar-refractivity contribution in [2.75, 3.05) is 21.3 Å². The third kappa shape index (κ3) is 5.04. The highest BCUT2D eigenvalue weighted by Crippen LogP contribution is 2.32. The average Bonchev–Trinajstić information content (AvgIpc) is 3.30. The van der Waals surface area contributed by atoms with Crippen LogP contribution in [-0.4, -0.2) is 38.0 Å². The zero-order valence-electron chi connectivity index (χ0n) is 20.1. The van der Waals surface area contributed by atoms with Crippen LogP contribution < -0.4 is 19.6 Å². The summed E-state index contributed by atoms with van der Waals surface area (Å²) in [6.45, 7) is 2.06. The first kappa shape index (κ1) is 23.6. The van der Waals surface area contributed by atoms with Crippen molar-refractivity contribution in [2.24, 2.45) is 5.10 Å². The summed E-state index contributed by atoms with van der Waals surface area (Å²) >= 11 is 0. The number of rotatable bonds is 8. The van der Waals surface area contributed by atoms with Crippen LogP contribution in [0.3, 0.4) is 0 Å². The standard InChI is InChI=1S/C28H27N3O4/c1-19-10-15-25(20-8-6-5-7-9-20)31(19)22-13-11-21(12-14-22)28(32)30-29-18-24-26(34-3)16-23(33-2)17-27(24)35-4/h5-18H,1-4H3,(H,30,32)/b29-18+. The van der Waals surface area contributed by atoms with Crippen molar-refractivity contribution in [1.29, 1.82) is 0 Å². The highest BCUT2D eigenvalue weighted by molar-refractivity contribution is 5.95. The number of amides is 1. The van der Waals surface area contributed by atoms with Crippen molar-refractivity contribution in [1.82, 2.24) is 9.99 Å². The second kappa shape index (κ2) is 10.6. The molecule has 0 saturated heterocycles. The summed E-state index contributed by atoms with van der Waals surface area (Å²) in [7, 11) is 4.65. The number of benzene rings is 3. The van der Waals surface area contributed by atoms with E-state index in [9.17, 15) is 4.79 Å². The highest BCUT2D eigenvalue weighted by Gasteiger charge is 2.13. The summed E-state index contributed by atoms with van der Waals surface area (Å²) < 4.78 is 18.2. The molecule has 7 nitrogen and oxygen atoms in total. The van der Waals surface area contributed by atoms with Crippen molar-refractivity contribution in [3.8, 4) is 34.2 Å². The van der Waals surface area contributed by atoms with Gasteiger partial charge in [0.25, 0.3) is 5.91 Å². The molecular formula is C28H27N3O4. The number of carbonyl (C=O) groups excluding carboxylic acids is 1. The molecule has 3 aromatic carbocycles. The second-order valence-corrected chi connectivity index (χ2v) is 7.75. The fourth-order valence-electron chi connectivity index (χ4n) is 3.86. The number of aromatic nitrogens is 1. The maximum atomic E-state index is 12.7. The van der Waals surface area contributed by atoms with Crippen molar-refractivity contribution in [2.45, 2.75) is 6.92 Å². The first-order chi connectivity index (χ1) is 17.0. The normalized spacial score (nSPS) is 10.9. The van der Waals surface area contributed by atoms with Crippen molar-refractivity contribution >= 4 is 12.1 Å². The van der Waals surface area contributed by atoms with E-state index >= 15 is 0 Å². The van der Waals surface area contributed by atoms with Crippen LogP contribution in [0.1, 0.15) is 21.6 Å². The number of hydrogen-bond donors (Lipinski definition) is 1. The number of nitrogens with zero attached hydrogens (tertiary/aromatic N) is 2. The molecule has 0 aliphatic rings. The van der Waals surface area contributed by atoms with Crippen LogP contribution in [0.4, 0.5) is 0 Å². The summed E-state index contributed by atoms with van der Waals surface area (Å²) in [4.78, 5) is 12.7. The Morgan fingerprint density at radius 3 is 2.11 bits per heavy atom. The van der Waals surface area contributed by atoms with Gasteiger partial charge in [0.05, 0.1) is 38.8 Å². The van der Waals surface area contributed by atoms with E-state index in [1.54, 1.807) is 45.6 Å². The smallest absolute Gasteiger partial charge is 0.271 e. The lowest BCUT2D eigenvalue weighted by Gasteiger charge is -2.13. The van der Waals surface area contributed by atoms with Gasteiger partial charge < -0.3 is 18.8 Å². The molecule has 1 heterocycles. The molecule has 4 aromatic rings. The van der Waals surface area contributed by atoms with Gasteiger partial charge in [-0.25, -0.2) is 5.43 Å². The van der Waals surface area contributed by atoms with Gasteiger partial charge in [0.2, 0.25) is 0 Å². The predicted molar refractivity (Wildman–Crippen MR) is 137 cm³/mol. The van der Waals surface area contributed by atoms with Crippen LogP contribution in [0.15, 0.2) is 84.0 Å². The Hall–Kier alpha value is -4.52. The molecule has 1 aromatic heterocycles. The molecular weight excluding hydrogens is 442 g/mol. The van der Waals surface area contributed by atoms with E-state index in [4.69, 9.17) is 14.2 Å². The van der Waals surface area contributed by atoms with Crippen LogP contribution in [0, 0.1) is 6.92 Å². The third-order valence-electron chi connectivity index (χ3n) is 5.65. The molecule has 0 radical (unpaired) electrons. The van der Waals surface area contributed by atoms with E-state index in [0.29, 0.717) is 28.4 Å². The number of hydrogen-bond acceptors (Lipinski definition) is 5. The van der Waals surface area contributed by atoms with Gasteiger partial charge in [0.15, 0.2) is 0 Å². The lowest BCUT2D eigenvalue weighted by molar-refractivity contribution is 0.0955. The zero-order valence-corrected chi connectivity index (χ0v) is 20.1. The Morgan fingerprint density at radius 2 is 1.51 bits per heavy atom. The molecule has 0 unspecified atom stereocenters. The van der Waals surface area contributed by atoms with Gasteiger partial charge in [0, 0.05) is 29.1 Å². The Morgan fingerprint density at radius 1 is 0.857 bits per heavy atom. The third-order valence-corrected chi connectivity index (χ3v) is 5.65. The molecule has 0 fully saturated rings. The van der Waals surface area contributed by atoms with E-state index in [2.05, 4.69) is 46.3 Å². The number of carbonyl (C=O) groups is 1. The summed E-state index contributed by atoms with van der Waals surface area (Å²) in [6, 6.07) is 25.2. The Labute approximate surface area is 204 Å². The average molecular weight is 470 g/mol. The number of ether oxygens (including phenoxy) is 3. The molecule has 1 N–H and O–H groups in total. The van der Waals surface area contributed by atoms with Crippen LogP contribution in [0.5, 0.6) is 17.2 Å².